The Balaban J connectivity index is 0.984. The average molecular weight is 789 g/mol. The third kappa shape index (κ3) is 6.68. The third-order valence-corrected chi connectivity index (χ3v) is 11.0. The molecule has 4 heterocycles. The first kappa shape index (κ1) is 36.0. The smallest absolute Gasteiger partial charge is 0.164 e. The largest absolute Gasteiger partial charge is 0.482 e. The summed E-state index contributed by atoms with van der Waals surface area (Å²) in [6.45, 7) is 4.18. The lowest BCUT2D eigenvalue weighted by Gasteiger charge is -2.35. The number of para-hydroxylation sites is 1. The van der Waals surface area contributed by atoms with Crippen molar-refractivity contribution >= 4 is 11.0 Å². The third-order valence-electron chi connectivity index (χ3n) is 11.0. The van der Waals surface area contributed by atoms with Crippen LogP contribution in [0.5, 0.6) is 5.75 Å². The van der Waals surface area contributed by atoms with Crippen LogP contribution in [0.15, 0.2) is 182 Å². The second-order valence-corrected chi connectivity index (χ2v) is 15.4. The van der Waals surface area contributed by atoms with E-state index in [-0.39, 0.29) is 0 Å². The summed E-state index contributed by atoms with van der Waals surface area (Å²) >= 11 is 0. The highest BCUT2D eigenvalue weighted by molar-refractivity contribution is 5.84. The SMILES string of the molecule is CC1(C)Oc2cc(-c3nc(-c4ccccc4)nc(-c4ccc5c(c4)ncn5-c4ccccc4)n3)ccc2-c2ccc(-c3nc(-c4ccccc4)nc(-c4ccccc4)n3)cc21. The molecule has 0 bridgehead atoms. The van der Waals surface area contributed by atoms with Crippen LogP contribution in [0.2, 0.25) is 0 Å². The van der Waals surface area contributed by atoms with Crippen LogP contribution in [0.3, 0.4) is 0 Å². The van der Waals surface area contributed by atoms with Crippen molar-refractivity contribution in [2.45, 2.75) is 19.4 Å². The minimum atomic E-state index is -0.688. The van der Waals surface area contributed by atoms with E-state index in [1.165, 1.54) is 0 Å². The molecular weight excluding hydrogens is 753 g/mol. The van der Waals surface area contributed by atoms with Gasteiger partial charge in [0.2, 0.25) is 0 Å². The number of benzene rings is 7. The number of fused-ring (bicyclic) bond motifs is 4. The van der Waals surface area contributed by atoms with Gasteiger partial charge in [0, 0.05) is 50.2 Å². The van der Waals surface area contributed by atoms with Crippen LogP contribution in [0.4, 0.5) is 0 Å². The number of imidazole rings is 1. The molecule has 0 unspecified atom stereocenters. The first-order valence-corrected chi connectivity index (χ1v) is 20.1. The summed E-state index contributed by atoms with van der Waals surface area (Å²) in [5, 5.41) is 0. The van der Waals surface area contributed by atoms with Crippen LogP contribution in [-0.4, -0.2) is 39.5 Å². The predicted molar refractivity (Wildman–Crippen MR) is 240 cm³/mol. The molecule has 1 aliphatic rings. The zero-order valence-electron chi connectivity index (χ0n) is 33.3. The molecule has 290 valence electrons. The number of aromatic nitrogens is 8. The van der Waals surface area contributed by atoms with Gasteiger partial charge in [0.25, 0.3) is 0 Å². The van der Waals surface area contributed by atoms with Gasteiger partial charge in [-0.05, 0) is 67.9 Å². The maximum atomic E-state index is 6.87. The highest BCUT2D eigenvalue weighted by atomic mass is 16.5. The molecule has 0 spiro atoms. The van der Waals surface area contributed by atoms with E-state index in [0.717, 1.165) is 72.5 Å². The average Bonchev–Trinajstić information content (AvgIpc) is 3.75. The molecule has 3 aromatic heterocycles. The van der Waals surface area contributed by atoms with Gasteiger partial charge in [0.05, 0.1) is 11.0 Å². The van der Waals surface area contributed by atoms with Gasteiger partial charge in [-0.3, -0.25) is 4.57 Å². The molecular formula is C52H36N8O. The van der Waals surface area contributed by atoms with Crippen LogP contribution < -0.4 is 4.74 Å². The Labute approximate surface area is 352 Å². The van der Waals surface area contributed by atoms with E-state index in [9.17, 15) is 0 Å². The molecule has 1 aliphatic heterocycles. The molecule has 9 nitrogen and oxygen atoms in total. The van der Waals surface area contributed by atoms with Crippen molar-refractivity contribution in [1.29, 1.82) is 0 Å². The lowest BCUT2D eigenvalue weighted by molar-refractivity contribution is 0.106. The minimum absolute atomic E-state index is 0.544. The fourth-order valence-electron chi connectivity index (χ4n) is 7.95. The maximum absolute atomic E-state index is 6.87. The van der Waals surface area contributed by atoms with Gasteiger partial charge < -0.3 is 4.74 Å². The summed E-state index contributed by atoms with van der Waals surface area (Å²) in [5.74, 6) is 4.26. The van der Waals surface area contributed by atoms with Crippen LogP contribution in [-0.2, 0) is 5.60 Å². The quantitative estimate of drug-likeness (QED) is 0.157. The number of rotatable bonds is 7. The molecule has 0 saturated heterocycles. The first-order chi connectivity index (χ1) is 29.9. The molecule has 0 aliphatic carbocycles. The standard InChI is InChI=1S/C52H36N8O/c1-52(2)42-29-36(49-55-46(33-15-7-3-8-16-33)54-47(56-49)34-17-9-4-10-18-34)23-26-40(42)41-27-24-38(31-45(41)61-52)51-58-48(35-19-11-5-12-20-35)57-50(59-51)37-25-28-44-43(30-37)53-32-60(44)39-21-13-6-14-22-39/h3-32H,1-2H3. The summed E-state index contributed by atoms with van der Waals surface area (Å²) in [5.41, 5.74) is 10.6. The topological polar surface area (TPSA) is 104 Å². The van der Waals surface area contributed by atoms with Crippen molar-refractivity contribution in [1.82, 2.24) is 39.5 Å². The zero-order chi connectivity index (χ0) is 40.9. The molecule has 0 atom stereocenters. The lowest BCUT2D eigenvalue weighted by Crippen LogP contribution is -2.29. The van der Waals surface area contributed by atoms with E-state index in [1.807, 2.05) is 134 Å². The molecule has 0 saturated carbocycles. The van der Waals surface area contributed by atoms with Gasteiger partial charge in [-0.2, -0.15) is 0 Å². The Morgan fingerprint density at radius 2 is 0.836 bits per heavy atom. The van der Waals surface area contributed by atoms with Gasteiger partial charge in [-0.1, -0.05) is 127 Å². The Morgan fingerprint density at radius 1 is 0.410 bits per heavy atom. The summed E-state index contributed by atoms with van der Waals surface area (Å²) in [7, 11) is 0. The number of ether oxygens (including phenoxy) is 1. The minimum Gasteiger partial charge on any atom is -0.482 e. The molecule has 7 aromatic carbocycles. The number of nitrogens with zero attached hydrogens (tertiary/aromatic N) is 8. The van der Waals surface area contributed by atoms with Crippen LogP contribution in [0, 0.1) is 0 Å². The Morgan fingerprint density at radius 3 is 1.36 bits per heavy atom. The zero-order valence-corrected chi connectivity index (χ0v) is 33.3. The highest BCUT2D eigenvalue weighted by Crippen LogP contribution is 2.47. The molecule has 0 amide bonds. The maximum Gasteiger partial charge on any atom is 0.164 e. The molecule has 11 rings (SSSR count). The molecule has 10 aromatic rings. The van der Waals surface area contributed by atoms with Gasteiger partial charge in [0.1, 0.15) is 17.7 Å². The van der Waals surface area contributed by atoms with E-state index in [2.05, 4.69) is 66.9 Å². The van der Waals surface area contributed by atoms with Crippen molar-refractivity contribution in [3.8, 4) is 90.9 Å². The molecule has 0 radical (unpaired) electrons. The lowest BCUT2D eigenvalue weighted by atomic mass is 9.84. The van der Waals surface area contributed by atoms with Gasteiger partial charge >= 0.3 is 0 Å². The van der Waals surface area contributed by atoms with E-state index >= 15 is 0 Å². The normalized spacial score (nSPS) is 12.7. The van der Waals surface area contributed by atoms with E-state index in [1.54, 1.807) is 0 Å². The van der Waals surface area contributed by atoms with Crippen molar-refractivity contribution in [2.75, 3.05) is 0 Å². The van der Waals surface area contributed by atoms with E-state index in [4.69, 9.17) is 39.6 Å². The summed E-state index contributed by atoms with van der Waals surface area (Å²) < 4.78 is 8.95. The Hall–Kier alpha value is -8.17. The monoisotopic (exact) mass is 788 g/mol. The Bertz CT molecular complexity index is 3190. The van der Waals surface area contributed by atoms with Gasteiger partial charge in [0.15, 0.2) is 34.9 Å². The molecule has 61 heavy (non-hydrogen) atoms. The fourth-order valence-corrected chi connectivity index (χ4v) is 7.95. The summed E-state index contributed by atoms with van der Waals surface area (Å²) in [6.07, 6.45) is 1.85. The van der Waals surface area contributed by atoms with Gasteiger partial charge in [-0.15, -0.1) is 0 Å². The molecule has 0 fully saturated rings. The second kappa shape index (κ2) is 14.6. The van der Waals surface area contributed by atoms with Crippen molar-refractivity contribution in [2.24, 2.45) is 0 Å². The Kier molecular flexibility index (Phi) is 8.59. The number of hydrogen-bond donors (Lipinski definition) is 0. The van der Waals surface area contributed by atoms with Gasteiger partial charge in [-0.25, -0.2) is 34.9 Å². The van der Waals surface area contributed by atoms with Crippen LogP contribution >= 0.6 is 0 Å². The van der Waals surface area contributed by atoms with Crippen LogP contribution in [0.1, 0.15) is 19.4 Å². The van der Waals surface area contributed by atoms with Crippen molar-refractivity contribution < 1.29 is 4.74 Å². The second-order valence-electron chi connectivity index (χ2n) is 15.4. The van der Waals surface area contributed by atoms with Crippen LogP contribution in [0.25, 0.3) is 96.2 Å². The highest BCUT2D eigenvalue weighted by Gasteiger charge is 2.34. The van der Waals surface area contributed by atoms with E-state index in [0.29, 0.717) is 34.9 Å². The predicted octanol–water partition coefficient (Wildman–Crippen LogP) is 11.7. The van der Waals surface area contributed by atoms with Crippen molar-refractivity contribution in [3.05, 3.63) is 188 Å². The summed E-state index contributed by atoms with van der Waals surface area (Å²) in [4.78, 5) is 34.7. The fraction of sp³-hybridized carbons (Fsp3) is 0.0577. The molecule has 0 N–H and O–H groups in total. The molecule has 9 heteroatoms. The van der Waals surface area contributed by atoms with E-state index < -0.39 is 5.60 Å². The summed E-state index contributed by atoms with van der Waals surface area (Å²) in [6, 6.07) is 58.9. The van der Waals surface area contributed by atoms with Crippen molar-refractivity contribution in [3.63, 3.8) is 0 Å². The number of hydrogen-bond acceptors (Lipinski definition) is 8. The first-order valence-electron chi connectivity index (χ1n) is 20.1.